The van der Waals surface area contributed by atoms with Crippen LogP contribution in [0.1, 0.15) is 0 Å². The molecule has 0 amide bonds. The molecule has 1 aromatic carbocycles. The van der Waals surface area contributed by atoms with Crippen molar-refractivity contribution in [1.29, 1.82) is 0 Å². The number of carbonyl (C=O) groups excluding carboxylic acids is 1. The normalized spacial score (nSPS) is 12.5. The minimum atomic E-state index is -0.720. The van der Waals surface area contributed by atoms with Gasteiger partial charge in [0.25, 0.3) is 0 Å². The Morgan fingerprint density at radius 3 is 2.38 bits per heavy atom. The predicted molar refractivity (Wildman–Crippen MR) is 60.5 cm³/mol. The van der Waals surface area contributed by atoms with E-state index in [0.29, 0.717) is 0 Å². The van der Waals surface area contributed by atoms with Crippen LogP contribution in [0.25, 0.3) is 0 Å². The van der Waals surface area contributed by atoms with Crippen molar-refractivity contribution in [3.8, 4) is 0 Å². The SMILES string of the molecule is O=C(Cl)C(Cl)Sc1ccc(Br)cc1. The Hall–Kier alpha value is 0.300. The zero-order valence-corrected chi connectivity index (χ0v) is 10.3. The van der Waals surface area contributed by atoms with E-state index in [1.165, 1.54) is 11.8 Å². The van der Waals surface area contributed by atoms with Crippen molar-refractivity contribution in [3.63, 3.8) is 0 Å². The molecule has 5 heteroatoms. The lowest BCUT2D eigenvalue weighted by atomic mass is 10.4. The number of hydrogen-bond acceptors (Lipinski definition) is 2. The number of carbonyl (C=O) groups is 1. The molecule has 0 saturated heterocycles. The van der Waals surface area contributed by atoms with Crippen molar-refractivity contribution in [3.05, 3.63) is 28.7 Å². The molecule has 1 nitrogen and oxygen atoms in total. The number of benzene rings is 1. The first-order chi connectivity index (χ1) is 6.09. The zero-order valence-electron chi connectivity index (χ0n) is 6.34. The molecule has 0 N–H and O–H groups in total. The van der Waals surface area contributed by atoms with Crippen molar-refractivity contribution in [2.24, 2.45) is 0 Å². The molecular weight excluding hydrogens is 295 g/mol. The number of alkyl halides is 1. The summed E-state index contributed by atoms with van der Waals surface area (Å²) in [5.41, 5.74) is 0. The summed E-state index contributed by atoms with van der Waals surface area (Å²) in [4.78, 5) is 11.5. The maximum Gasteiger partial charge on any atom is 0.250 e. The predicted octanol–water partition coefficient (Wildman–Crippen LogP) is 3.87. The van der Waals surface area contributed by atoms with Crippen LogP contribution in [-0.2, 0) is 4.79 Å². The highest BCUT2D eigenvalue weighted by Gasteiger charge is 2.13. The van der Waals surface area contributed by atoms with Crippen LogP contribution >= 0.6 is 50.9 Å². The zero-order chi connectivity index (χ0) is 9.84. The Morgan fingerprint density at radius 1 is 1.38 bits per heavy atom. The van der Waals surface area contributed by atoms with Gasteiger partial charge in [-0.05, 0) is 35.9 Å². The summed E-state index contributed by atoms with van der Waals surface area (Å²) in [6, 6.07) is 7.49. The highest BCUT2D eigenvalue weighted by atomic mass is 79.9. The van der Waals surface area contributed by atoms with Gasteiger partial charge in [-0.25, -0.2) is 0 Å². The summed E-state index contributed by atoms with van der Waals surface area (Å²) >= 11 is 15.4. The average Bonchev–Trinajstić information content (AvgIpc) is 2.08. The van der Waals surface area contributed by atoms with Gasteiger partial charge in [0, 0.05) is 9.37 Å². The highest BCUT2D eigenvalue weighted by molar-refractivity contribution is 9.10. The molecule has 0 aliphatic heterocycles. The van der Waals surface area contributed by atoms with Crippen LogP contribution in [-0.4, -0.2) is 9.95 Å². The molecule has 1 rings (SSSR count). The molecule has 1 unspecified atom stereocenters. The summed E-state index contributed by atoms with van der Waals surface area (Å²) in [6.45, 7) is 0. The molecule has 0 aromatic heterocycles. The van der Waals surface area contributed by atoms with Gasteiger partial charge in [-0.15, -0.1) is 11.6 Å². The standard InChI is InChI=1S/C8H5BrCl2OS/c9-5-1-3-6(4-2-5)13-8(11)7(10)12/h1-4,8H. The molecule has 0 heterocycles. The van der Waals surface area contributed by atoms with Crippen LogP contribution in [0.2, 0.25) is 0 Å². The first-order valence-electron chi connectivity index (χ1n) is 3.35. The van der Waals surface area contributed by atoms with Crippen LogP contribution in [0.15, 0.2) is 33.6 Å². The van der Waals surface area contributed by atoms with E-state index in [9.17, 15) is 4.79 Å². The van der Waals surface area contributed by atoms with Crippen LogP contribution in [0.3, 0.4) is 0 Å². The van der Waals surface area contributed by atoms with Gasteiger partial charge in [-0.1, -0.05) is 27.7 Å². The molecule has 1 aromatic rings. The molecule has 0 fully saturated rings. The first kappa shape index (κ1) is 11.4. The number of hydrogen-bond donors (Lipinski definition) is 0. The average molecular weight is 300 g/mol. The number of rotatable bonds is 3. The van der Waals surface area contributed by atoms with Gasteiger partial charge in [0.05, 0.1) is 0 Å². The lowest BCUT2D eigenvalue weighted by molar-refractivity contribution is -0.110. The Morgan fingerprint density at radius 2 is 1.92 bits per heavy atom. The third kappa shape index (κ3) is 3.90. The molecule has 0 aliphatic carbocycles. The Labute approximate surface area is 98.9 Å². The van der Waals surface area contributed by atoms with E-state index in [1.807, 2.05) is 24.3 Å². The minimum absolute atomic E-state index is 0.547. The van der Waals surface area contributed by atoms with Gasteiger partial charge in [0.1, 0.15) is 0 Å². The van der Waals surface area contributed by atoms with Gasteiger partial charge < -0.3 is 0 Å². The summed E-state index contributed by atoms with van der Waals surface area (Å²) in [5, 5.41) is -0.547. The van der Waals surface area contributed by atoms with Crippen molar-refractivity contribution in [1.82, 2.24) is 0 Å². The van der Waals surface area contributed by atoms with E-state index in [2.05, 4.69) is 15.9 Å². The van der Waals surface area contributed by atoms with E-state index in [0.717, 1.165) is 9.37 Å². The van der Waals surface area contributed by atoms with Gasteiger partial charge in [-0.3, -0.25) is 4.79 Å². The van der Waals surface area contributed by atoms with Crippen LogP contribution in [0.4, 0.5) is 0 Å². The molecule has 1 atom stereocenters. The first-order valence-corrected chi connectivity index (χ1v) is 5.84. The minimum Gasteiger partial charge on any atom is -0.279 e. The van der Waals surface area contributed by atoms with Gasteiger partial charge in [-0.2, -0.15) is 0 Å². The fourth-order valence-corrected chi connectivity index (χ4v) is 2.01. The summed E-state index contributed by atoms with van der Waals surface area (Å²) in [5.74, 6) is 0. The van der Waals surface area contributed by atoms with E-state index in [4.69, 9.17) is 23.2 Å². The van der Waals surface area contributed by atoms with Crippen LogP contribution in [0, 0.1) is 0 Å². The molecule has 0 bridgehead atoms. The maximum atomic E-state index is 10.6. The van der Waals surface area contributed by atoms with Crippen molar-refractivity contribution < 1.29 is 4.79 Å². The molecule has 13 heavy (non-hydrogen) atoms. The Bertz CT molecular complexity index is 302. The topological polar surface area (TPSA) is 17.1 Å². The third-order valence-corrected chi connectivity index (χ3v) is 3.65. The summed E-state index contributed by atoms with van der Waals surface area (Å²) in [6.07, 6.45) is 0. The monoisotopic (exact) mass is 298 g/mol. The molecule has 70 valence electrons. The molecule has 0 saturated carbocycles. The molecule has 0 aliphatic rings. The molecule has 0 radical (unpaired) electrons. The quantitative estimate of drug-likeness (QED) is 0.479. The van der Waals surface area contributed by atoms with E-state index >= 15 is 0 Å². The fourth-order valence-electron chi connectivity index (χ4n) is 0.679. The highest BCUT2D eigenvalue weighted by Crippen LogP contribution is 2.28. The van der Waals surface area contributed by atoms with E-state index in [-0.39, 0.29) is 0 Å². The summed E-state index contributed by atoms with van der Waals surface area (Å²) < 4.78 is 0.267. The van der Waals surface area contributed by atoms with Gasteiger partial charge in [0.15, 0.2) is 4.71 Å². The van der Waals surface area contributed by atoms with Crippen molar-refractivity contribution in [2.45, 2.75) is 9.60 Å². The summed E-state index contributed by atoms with van der Waals surface area (Å²) in [7, 11) is 0. The van der Waals surface area contributed by atoms with Crippen LogP contribution in [0.5, 0.6) is 0 Å². The number of thioether (sulfide) groups is 1. The second-order valence-corrected chi connectivity index (χ2v) is 5.35. The van der Waals surface area contributed by atoms with Crippen molar-refractivity contribution >= 4 is 56.1 Å². The van der Waals surface area contributed by atoms with Crippen LogP contribution < -0.4 is 0 Å². The molecular formula is C8H5BrCl2OS. The maximum absolute atomic E-state index is 10.6. The fraction of sp³-hybridized carbons (Fsp3) is 0.125. The lowest BCUT2D eigenvalue weighted by Crippen LogP contribution is -2.01. The smallest absolute Gasteiger partial charge is 0.250 e. The largest absolute Gasteiger partial charge is 0.279 e. The Kier molecular flexibility index (Phi) is 4.59. The number of halogens is 3. The van der Waals surface area contributed by atoms with E-state index < -0.39 is 9.95 Å². The van der Waals surface area contributed by atoms with Crippen molar-refractivity contribution in [2.75, 3.05) is 0 Å². The second-order valence-electron chi connectivity index (χ2n) is 2.19. The van der Waals surface area contributed by atoms with Gasteiger partial charge in [0.2, 0.25) is 5.24 Å². The second kappa shape index (κ2) is 5.25. The molecule has 0 spiro atoms. The third-order valence-electron chi connectivity index (χ3n) is 1.23. The Balaban J connectivity index is 2.64. The van der Waals surface area contributed by atoms with Gasteiger partial charge >= 0.3 is 0 Å². The lowest BCUT2D eigenvalue weighted by Gasteiger charge is -2.03. The van der Waals surface area contributed by atoms with E-state index in [1.54, 1.807) is 0 Å².